The number of carbonyl (C=O) groups excluding carboxylic acids is 2. The van der Waals surface area contributed by atoms with E-state index in [2.05, 4.69) is 15.3 Å². The summed E-state index contributed by atoms with van der Waals surface area (Å²) < 4.78 is 5.03. The number of aliphatic hydroxyl groups excluding tert-OH is 1. The summed E-state index contributed by atoms with van der Waals surface area (Å²) in [6.07, 6.45) is 3.57. The van der Waals surface area contributed by atoms with Crippen LogP contribution in [0.4, 0.5) is 0 Å². The first kappa shape index (κ1) is 19.0. The van der Waals surface area contributed by atoms with Crippen molar-refractivity contribution in [1.82, 2.24) is 20.2 Å². The van der Waals surface area contributed by atoms with Gasteiger partial charge in [-0.1, -0.05) is 6.07 Å². The number of pyridine rings is 1. The predicted octanol–water partition coefficient (Wildman–Crippen LogP) is 0.948. The third kappa shape index (κ3) is 4.51. The van der Waals surface area contributed by atoms with Crippen LogP contribution in [0.3, 0.4) is 0 Å². The minimum absolute atomic E-state index is 0.0284. The van der Waals surface area contributed by atoms with Crippen molar-refractivity contribution in [1.29, 1.82) is 0 Å². The first-order valence-corrected chi connectivity index (χ1v) is 8.99. The SMILES string of the molecule is Cc1ocnc1C(=O)N[C@H]1C[C@H](C(=O)N(C)CCc2ccccn2)C[C@@H]1O. The highest BCUT2D eigenvalue weighted by molar-refractivity contribution is 5.93. The van der Waals surface area contributed by atoms with Gasteiger partial charge in [0.15, 0.2) is 12.1 Å². The molecule has 2 aromatic heterocycles. The Morgan fingerprint density at radius 3 is 2.81 bits per heavy atom. The van der Waals surface area contributed by atoms with Crippen molar-refractivity contribution < 1.29 is 19.1 Å². The summed E-state index contributed by atoms with van der Waals surface area (Å²) in [5, 5.41) is 13.0. The van der Waals surface area contributed by atoms with Crippen LogP contribution in [0.5, 0.6) is 0 Å². The van der Waals surface area contributed by atoms with Crippen LogP contribution in [0.1, 0.15) is 34.8 Å². The molecule has 0 radical (unpaired) electrons. The Hall–Kier alpha value is -2.74. The van der Waals surface area contributed by atoms with Crippen LogP contribution in [0.25, 0.3) is 0 Å². The van der Waals surface area contributed by atoms with Crippen molar-refractivity contribution in [3.8, 4) is 0 Å². The number of aliphatic hydroxyl groups is 1. The van der Waals surface area contributed by atoms with E-state index in [1.165, 1.54) is 6.39 Å². The number of nitrogens with one attached hydrogen (secondary N) is 1. The second kappa shape index (κ2) is 8.30. The molecule has 8 heteroatoms. The largest absolute Gasteiger partial charge is 0.448 e. The first-order chi connectivity index (χ1) is 13.0. The number of carbonyl (C=O) groups is 2. The minimum atomic E-state index is -0.765. The van der Waals surface area contributed by atoms with Crippen molar-refractivity contribution in [2.75, 3.05) is 13.6 Å². The third-order valence-corrected chi connectivity index (χ3v) is 4.96. The molecule has 0 saturated heterocycles. The normalized spacial score (nSPS) is 21.8. The fraction of sp³-hybridized carbons (Fsp3) is 0.474. The van der Waals surface area contributed by atoms with Crippen LogP contribution < -0.4 is 5.32 Å². The van der Waals surface area contributed by atoms with E-state index in [1.807, 2.05) is 18.2 Å². The molecule has 0 spiro atoms. The molecule has 3 atom stereocenters. The number of hydrogen-bond acceptors (Lipinski definition) is 6. The molecular weight excluding hydrogens is 348 g/mol. The van der Waals surface area contributed by atoms with Crippen LogP contribution in [-0.4, -0.2) is 57.5 Å². The number of nitrogens with zero attached hydrogens (tertiary/aromatic N) is 3. The zero-order valence-electron chi connectivity index (χ0n) is 15.5. The zero-order valence-corrected chi connectivity index (χ0v) is 15.5. The molecule has 0 bridgehead atoms. The molecule has 144 valence electrons. The van der Waals surface area contributed by atoms with Crippen LogP contribution in [0.15, 0.2) is 35.2 Å². The smallest absolute Gasteiger partial charge is 0.273 e. The molecule has 2 heterocycles. The Morgan fingerprint density at radius 2 is 2.15 bits per heavy atom. The lowest BCUT2D eigenvalue weighted by Crippen LogP contribution is -2.40. The topological polar surface area (TPSA) is 109 Å². The molecule has 1 saturated carbocycles. The molecule has 27 heavy (non-hydrogen) atoms. The monoisotopic (exact) mass is 372 g/mol. The number of oxazole rings is 1. The van der Waals surface area contributed by atoms with Crippen molar-refractivity contribution in [2.45, 2.75) is 38.3 Å². The number of amides is 2. The van der Waals surface area contributed by atoms with E-state index in [1.54, 1.807) is 25.1 Å². The molecule has 0 aliphatic heterocycles. The van der Waals surface area contributed by atoms with Gasteiger partial charge in [-0.2, -0.15) is 0 Å². The molecule has 0 aromatic carbocycles. The van der Waals surface area contributed by atoms with Crippen LogP contribution in [-0.2, 0) is 11.2 Å². The summed E-state index contributed by atoms with van der Waals surface area (Å²) in [7, 11) is 1.75. The van der Waals surface area contributed by atoms with E-state index in [4.69, 9.17) is 4.42 Å². The average molecular weight is 372 g/mol. The molecule has 1 fully saturated rings. The van der Waals surface area contributed by atoms with E-state index < -0.39 is 18.1 Å². The van der Waals surface area contributed by atoms with Gasteiger partial charge < -0.3 is 19.7 Å². The maximum Gasteiger partial charge on any atom is 0.273 e. The maximum absolute atomic E-state index is 12.7. The fourth-order valence-electron chi connectivity index (χ4n) is 3.38. The summed E-state index contributed by atoms with van der Waals surface area (Å²) in [5.74, 6) is -0.333. The van der Waals surface area contributed by atoms with E-state index in [9.17, 15) is 14.7 Å². The molecule has 3 rings (SSSR count). The highest BCUT2D eigenvalue weighted by Crippen LogP contribution is 2.28. The van der Waals surface area contributed by atoms with Gasteiger partial charge in [-0.15, -0.1) is 0 Å². The predicted molar refractivity (Wildman–Crippen MR) is 96.8 cm³/mol. The molecule has 8 nitrogen and oxygen atoms in total. The molecule has 0 unspecified atom stereocenters. The van der Waals surface area contributed by atoms with Crippen molar-refractivity contribution >= 4 is 11.8 Å². The number of hydrogen-bond donors (Lipinski definition) is 2. The third-order valence-electron chi connectivity index (χ3n) is 4.96. The zero-order chi connectivity index (χ0) is 19.4. The van der Waals surface area contributed by atoms with Crippen molar-refractivity contribution in [3.63, 3.8) is 0 Å². The molecule has 2 N–H and O–H groups in total. The Balaban J connectivity index is 1.53. The molecular formula is C19H24N4O4. The lowest BCUT2D eigenvalue weighted by Gasteiger charge is -2.21. The second-order valence-corrected chi connectivity index (χ2v) is 6.90. The van der Waals surface area contributed by atoms with E-state index in [0.29, 0.717) is 31.6 Å². The molecule has 1 aliphatic rings. The molecule has 2 aromatic rings. The number of likely N-dealkylation sites (N-methyl/N-ethyl adjacent to an activating group) is 1. The highest BCUT2D eigenvalue weighted by Gasteiger charge is 2.39. The van der Waals surface area contributed by atoms with Gasteiger partial charge >= 0.3 is 0 Å². The van der Waals surface area contributed by atoms with Crippen molar-refractivity contribution in [3.05, 3.63) is 47.9 Å². The lowest BCUT2D eigenvalue weighted by atomic mass is 10.1. The summed E-state index contributed by atoms with van der Waals surface area (Å²) in [6.45, 7) is 2.20. The summed E-state index contributed by atoms with van der Waals surface area (Å²) in [6, 6.07) is 5.22. The van der Waals surface area contributed by atoms with Gasteiger partial charge in [-0.05, 0) is 31.9 Å². The molecule has 2 amide bonds. The lowest BCUT2D eigenvalue weighted by molar-refractivity contribution is -0.134. The quantitative estimate of drug-likeness (QED) is 0.781. The van der Waals surface area contributed by atoms with E-state index in [-0.39, 0.29) is 17.5 Å². The van der Waals surface area contributed by atoms with Crippen molar-refractivity contribution in [2.24, 2.45) is 5.92 Å². The van der Waals surface area contributed by atoms with Crippen LogP contribution in [0.2, 0.25) is 0 Å². The van der Waals surface area contributed by atoms with Crippen LogP contribution >= 0.6 is 0 Å². The Labute approximate surface area is 157 Å². The summed E-state index contributed by atoms with van der Waals surface area (Å²) in [5.41, 5.74) is 1.13. The molecule has 1 aliphatic carbocycles. The van der Waals surface area contributed by atoms with Gasteiger partial charge in [0, 0.05) is 37.8 Å². The Kier molecular flexibility index (Phi) is 5.85. The van der Waals surface area contributed by atoms with Gasteiger partial charge in [0.2, 0.25) is 5.91 Å². The van der Waals surface area contributed by atoms with Gasteiger partial charge in [0.1, 0.15) is 5.76 Å². The Morgan fingerprint density at radius 1 is 1.33 bits per heavy atom. The summed E-state index contributed by atoms with van der Waals surface area (Å²) >= 11 is 0. The second-order valence-electron chi connectivity index (χ2n) is 6.90. The Bertz CT molecular complexity index is 792. The number of aromatic nitrogens is 2. The fourth-order valence-corrected chi connectivity index (χ4v) is 3.38. The summed E-state index contributed by atoms with van der Waals surface area (Å²) in [4.78, 5) is 34.7. The minimum Gasteiger partial charge on any atom is -0.448 e. The number of aryl methyl sites for hydroxylation is 1. The number of rotatable bonds is 6. The first-order valence-electron chi connectivity index (χ1n) is 8.99. The average Bonchev–Trinajstić information content (AvgIpc) is 3.25. The van der Waals surface area contributed by atoms with Gasteiger partial charge in [-0.25, -0.2) is 4.98 Å². The standard InChI is InChI=1S/C19H24N4O4/c1-12-17(21-11-27-12)18(25)22-15-9-13(10-16(15)24)19(26)23(2)8-6-14-5-3-4-7-20-14/h3-5,7,11,13,15-16,24H,6,8-10H2,1-2H3,(H,22,25)/t13-,15-,16-/m0/s1. The highest BCUT2D eigenvalue weighted by atomic mass is 16.3. The maximum atomic E-state index is 12.7. The van der Waals surface area contributed by atoms with Gasteiger partial charge in [0.25, 0.3) is 5.91 Å². The van der Waals surface area contributed by atoms with Crippen LogP contribution in [0, 0.1) is 12.8 Å². The van der Waals surface area contributed by atoms with E-state index in [0.717, 1.165) is 5.69 Å². The van der Waals surface area contributed by atoms with E-state index >= 15 is 0 Å². The van der Waals surface area contributed by atoms with Gasteiger partial charge in [-0.3, -0.25) is 14.6 Å². The van der Waals surface area contributed by atoms with Gasteiger partial charge in [0.05, 0.1) is 12.1 Å².